The molecule has 1 saturated heterocycles. The van der Waals surface area contributed by atoms with E-state index in [-0.39, 0.29) is 18.6 Å². The van der Waals surface area contributed by atoms with E-state index in [0.717, 1.165) is 5.56 Å². The van der Waals surface area contributed by atoms with Gasteiger partial charge in [0.15, 0.2) is 0 Å². The van der Waals surface area contributed by atoms with E-state index in [4.69, 9.17) is 10.5 Å². The molecule has 0 aromatic heterocycles. The van der Waals surface area contributed by atoms with Crippen LogP contribution in [-0.2, 0) is 4.74 Å². The minimum atomic E-state index is -0.271. The average molecular weight is 250 g/mol. The van der Waals surface area contributed by atoms with Crippen LogP contribution in [0.5, 0.6) is 0 Å². The number of ether oxygens (including phenoxy) is 1. The van der Waals surface area contributed by atoms with Gasteiger partial charge >= 0.3 is 0 Å². The van der Waals surface area contributed by atoms with Crippen LogP contribution in [0.15, 0.2) is 18.2 Å². The number of anilines is 1. The number of morpholine rings is 1. The summed E-state index contributed by atoms with van der Waals surface area (Å²) in [6.45, 7) is 3.17. The number of aliphatic hydroxyl groups excluding tert-OH is 1. The number of aryl methyl sites for hydroxylation is 1. The maximum atomic E-state index is 12.4. The highest BCUT2D eigenvalue weighted by molar-refractivity contribution is 5.96. The smallest absolute Gasteiger partial charge is 0.254 e. The molecule has 98 valence electrons. The van der Waals surface area contributed by atoms with Gasteiger partial charge in [0.1, 0.15) is 0 Å². The Morgan fingerprint density at radius 1 is 1.61 bits per heavy atom. The fraction of sp³-hybridized carbons (Fsp3) is 0.462. The van der Waals surface area contributed by atoms with Crippen LogP contribution in [0, 0.1) is 6.92 Å². The van der Waals surface area contributed by atoms with Crippen LogP contribution in [0.1, 0.15) is 15.9 Å². The second kappa shape index (κ2) is 5.37. The maximum absolute atomic E-state index is 12.4. The van der Waals surface area contributed by atoms with Crippen LogP contribution in [0.2, 0.25) is 0 Å². The van der Waals surface area contributed by atoms with Gasteiger partial charge in [-0.2, -0.15) is 0 Å². The molecule has 3 N–H and O–H groups in total. The number of nitrogens with zero attached hydrogens (tertiary/aromatic N) is 1. The number of nitrogen functional groups attached to an aromatic ring is 1. The Morgan fingerprint density at radius 2 is 2.39 bits per heavy atom. The Morgan fingerprint density at radius 3 is 3.11 bits per heavy atom. The lowest BCUT2D eigenvalue weighted by molar-refractivity contribution is -0.0184. The van der Waals surface area contributed by atoms with Crippen LogP contribution in [0.4, 0.5) is 5.69 Å². The molecule has 5 nitrogen and oxygen atoms in total. The normalized spacial score (nSPS) is 19.9. The Labute approximate surface area is 106 Å². The van der Waals surface area contributed by atoms with Crippen molar-refractivity contribution in [3.63, 3.8) is 0 Å². The molecule has 1 aromatic carbocycles. The standard InChI is InChI=1S/C13H18N2O3/c1-9-2-3-10(14)6-12(9)13(17)15-4-5-18-8-11(15)7-16/h2-3,6,11,16H,4-5,7-8,14H2,1H3. The van der Waals surface area contributed by atoms with E-state index in [2.05, 4.69) is 0 Å². The first-order valence-corrected chi connectivity index (χ1v) is 5.99. The molecule has 0 saturated carbocycles. The second-order valence-electron chi connectivity index (χ2n) is 4.48. The van der Waals surface area contributed by atoms with Gasteiger partial charge in [-0.25, -0.2) is 0 Å². The molecule has 1 amide bonds. The van der Waals surface area contributed by atoms with Gasteiger partial charge in [0.05, 0.1) is 25.9 Å². The lowest BCUT2D eigenvalue weighted by atomic mass is 10.1. The summed E-state index contributed by atoms with van der Waals surface area (Å²) in [5.74, 6) is -0.0952. The van der Waals surface area contributed by atoms with Gasteiger partial charge in [-0.3, -0.25) is 4.79 Å². The first-order chi connectivity index (χ1) is 8.63. The van der Waals surface area contributed by atoms with Gasteiger partial charge in [-0.1, -0.05) is 6.07 Å². The Kier molecular flexibility index (Phi) is 3.84. The Bertz CT molecular complexity index is 448. The number of amides is 1. The van der Waals surface area contributed by atoms with Crippen molar-refractivity contribution in [2.45, 2.75) is 13.0 Å². The topological polar surface area (TPSA) is 75.8 Å². The lowest BCUT2D eigenvalue weighted by Crippen LogP contribution is -2.50. The highest BCUT2D eigenvalue weighted by Gasteiger charge is 2.28. The van der Waals surface area contributed by atoms with E-state index in [1.54, 1.807) is 17.0 Å². The zero-order valence-corrected chi connectivity index (χ0v) is 10.4. The Hall–Kier alpha value is -1.59. The second-order valence-corrected chi connectivity index (χ2v) is 4.48. The predicted octanol–water partition coefficient (Wildman–Crippen LogP) is 0.411. The zero-order chi connectivity index (χ0) is 13.1. The fourth-order valence-electron chi connectivity index (χ4n) is 2.10. The van der Waals surface area contributed by atoms with Gasteiger partial charge in [0.25, 0.3) is 5.91 Å². The van der Waals surface area contributed by atoms with Gasteiger partial charge in [0.2, 0.25) is 0 Å². The molecule has 0 aliphatic carbocycles. The van der Waals surface area contributed by atoms with E-state index >= 15 is 0 Å². The third-order valence-corrected chi connectivity index (χ3v) is 3.19. The zero-order valence-electron chi connectivity index (χ0n) is 10.4. The number of benzene rings is 1. The molecule has 1 aromatic rings. The third kappa shape index (κ3) is 2.47. The molecule has 18 heavy (non-hydrogen) atoms. The SMILES string of the molecule is Cc1ccc(N)cc1C(=O)N1CCOCC1CO. The molecule has 1 aliphatic heterocycles. The average Bonchev–Trinajstić information content (AvgIpc) is 2.40. The van der Waals surface area contributed by atoms with Crippen molar-refractivity contribution >= 4 is 11.6 Å². The summed E-state index contributed by atoms with van der Waals surface area (Å²) in [5.41, 5.74) is 7.76. The van der Waals surface area contributed by atoms with Gasteiger partial charge in [-0.05, 0) is 24.6 Å². The number of carbonyl (C=O) groups is 1. The molecule has 1 heterocycles. The van der Waals surface area contributed by atoms with E-state index in [0.29, 0.717) is 31.0 Å². The molecule has 1 aliphatic rings. The summed E-state index contributed by atoms with van der Waals surface area (Å²) >= 11 is 0. The van der Waals surface area contributed by atoms with Gasteiger partial charge < -0.3 is 20.5 Å². The summed E-state index contributed by atoms with van der Waals surface area (Å²) in [4.78, 5) is 14.1. The first kappa shape index (κ1) is 12.9. The van der Waals surface area contributed by atoms with Gasteiger partial charge in [-0.15, -0.1) is 0 Å². The summed E-state index contributed by atoms with van der Waals surface area (Å²) in [6, 6.07) is 5.01. The van der Waals surface area contributed by atoms with Crippen LogP contribution in [0.25, 0.3) is 0 Å². The monoisotopic (exact) mass is 250 g/mol. The van der Waals surface area contributed by atoms with Crippen LogP contribution >= 0.6 is 0 Å². The molecule has 0 spiro atoms. The van der Waals surface area contributed by atoms with Crippen molar-refractivity contribution in [2.24, 2.45) is 0 Å². The van der Waals surface area contributed by atoms with Crippen molar-refractivity contribution < 1.29 is 14.6 Å². The summed E-state index contributed by atoms with van der Waals surface area (Å²) in [5, 5.41) is 9.28. The highest BCUT2D eigenvalue weighted by atomic mass is 16.5. The summed E-state index contributed by atoms with van der Waals surface area (Å²) in [7, 11) is 0. The maximum Gasteiger partial charge on any atom is 0.254 e. The van der Waals surface area contributed by atoms with Crippen molar-refractivity contribution in [2.75, 3.05) is 32.1 Å². The number of rotatable bonds is 2. The largest absolute Gasteiger partial charge is 0.399 e. The number of aliphatic hydroxyl groups is 1. The number of nitrogens with two attached hydrogens (primary N) is 1. The molecular weight excluding hydrogens is 232 g/mol. The quantitative estimate of drug-likeness (QED) is 0.745. The molecular formula is C13H18N2O3. The van der Waals surface area contributed by atoms with Crippen LogP contribution < -0.4 is 5.73 Å². The summed E-state index contributed by atoms with van der Waals surface area (Å²) in [6.07, 6.45) is 0. The van der Waals surface area contributed by atoms with Crippen LogP contribution in [0.3, 0.4) is 0 Å². The van der Waals surface area contributed by atoms with E-state index in [1.807, 2.05) is 13.0 Å². The number of hydrogen-bond donors (Lipinski definition) is 2. The molecule has 1 atom stereocenters. The van der Waals surface area contributed by atoms with E-state index < -0.39 is 0 Å². The minimum Gasteiger partial charge on any atom is -0.399 e. The minimum absolute atomic E-state index is 0.0902. The highest BCUT2D eigenvalue weighted by Crippen LogP contribution is 2.18. The molecule has 0 bridgehead atoms. The van der Waals surface area contributed by atoms with E-state index in [9.17, 15) is 9.90 Å². The van der Waals surface area contributed by atoms with Crippen molar-refractivity contribution in [1.82, 2.24) is 4.90 Å². The third-order valence-electron chi connectivity index (χ3n) is 3.19. The molecule has 0 radical (unpaired) electrons. The fourth-order valence-corrected chi connectivity index (χ4v) is 2.10. The van der Waals surface area contributed by atoms with Crippen LogP contribution in [-0.4, -0.2) is 48.3 Å². The molecule has 2 rings (SSSR count). The first-order valence-electron chi connectivity index (χ1n) is 5.99. The lowest BCUT2D eigenvalue weighted by Gasteiger charge is -2.34. The number of hydrogen-bond acceptors (Lipinski definition) is 4. The summed E-state index contributed by atoms with van der Waals surface area (Å²) < 4.78 is 5.26. The molecule has 1 fully saturated rings. The van der Waals surface area contributed by atoms with Crippen molar-refractivity contribution in [1.29, 1.82) is 0 Å². The van der Waals surface area contributed by atoms with Gasteiger partial charge in [0, 0.05) is 17.8 Å². The Balaban J connectivity index is 2.26. The molecule has 5 heteroatoms. The molecule has 1 unspecified atom stereocenters. The van der Waals surface area contributed by atoms with E-state index in [1.165, 1.54) is 0 Å². The van der Waals surface area contributed by atoms with Crippen molar-refractivity contribution in [3.05, 3.63) is 29.3 Å². The number of carbonyl (C=O) groups excluding carboxylic acids is 1. The van der Waals surface area contributed by atoms with Crippen molar-refractivity contribution in [3.8, 4) is 0 Å². The predicted molar refractivity (Wildman–Crippen MR) is 68.3 cm³/mol.